The normalized spacial score (nSPS) is 11.3. The van der Waals surface area contributed by atoms with E-state index in [4.69, 9.17) is 9.15 Å². The van der Waals surface area contributed by atoms with Crippen LogP contribution in [0.3, 0.4) is 0 Å². The fourth-order valence-electron chi connectivity index (χ4n) is 3.80. The quantitative estimate of drug-likeness (QED) is 0.195. The molecule has 3 aromatic carbocycles. The SMILES string of the molecule is Cc1ccc(C)c(N(CC(=O)N/N=C\c2ccc(OCC(=O)NCc3ccco3)cc2)S(=O)(=O)c2ccccc2)c1. The van der Waals surface area contributed by atoms with E-state index in [9.17, 15) is 18.0 Å². The van der Waals surface area contributed by atoms with Gasteiger partial charge in [-0.3, -0.25) is 13.9 Å². The Morgan fingerprint density at radius 3 is 2.41 bits per heavy atom. The highest BCUT2D eigenvalue weighted by Crippen LogP contribution is 2.27. The van der Waals surface area contributed by atoms with Gasteiger partial charge in [-0.1, -0.05) is 30.3 Å². The van der Waals surface area contributed by atoms with Gasteiger partial charge in [0.05, 0.1) is 29.6 Å². The van der Waals surface area contributed by atoms with Gasteiger partial charge >= 0.3 is 0 Å². The molecule has 0 spiro atoms. The van der Waals surface area contributed by atoms with E-state index >= 15 is 0 Å². The predicted molar refractivity (Wildman–Crippen MR) is 155 cm³/mol. The fraction of sp³-hybridized carbons (Fsp3) is 0.167. The molecule has 41 heavy (non-hydrogen) atoms. The molecule has 0 atom stereocenters. The third-order valence-electron chi connectivity index (χ3n) is 5.94. The lowest BCUT2D eigenvalue weighted by molar-refractivity contribution is -0.123. The first-order valence-electron chi connectivity index (χ1n) is 12.7. The van der Waals surface area contributed by atoms with E-state index in [0.717, 1.165) is 9.87 Å². The third-order valence-corrected chi connectivity index (χ3v) is 7.72. The maximum atomic E-state index is 13.5. The summed E-state index contributed by atoms with van der Waals surface area (Å²) in [5, 5.41) is 6.67. The molecule has 0 saturated heterocycles. The molecule has 2 amide bonds. The Morgan fingerprint density at radius 1 is 0.951 bits per heavy atom. The molecule has 0 unspecified atom stereocenters. The first kappa shape index (κ1) is 29.1. The number of sulfonamides is 1. The Bertz CT molecular complexity index is 1600. The second-order valence-electron chi connectivity index (χ2n) is 9.12. The second-order valence-corrected chi connectivity index (χ2v) is 11.0. The van der Waals surface area contributed by atoms with Crippen LogP contribution in [0.25, 0.3) is 0 Å². The number of aryl methyl sites for hydroxylation is 2. The molecule has 0 bridgehead atoms. The average Bonchev–Trinajstić information content (AvgIpc) is 3.50. The van der Waals surface area contributed by atoms with Crippen molar-refractivity contribution in [3.05, 3.63) is 114 Å². The molecular formula is C30H30N4O6S. The highest BCUT2D eigenvalue weighted by atomic mass is 32.2. The number of hydrazone groups is 1. The number of carbonyl (C=O) groups is 2. The molecule has 0 saturated carbocycles. The van der Waals surface area contributed by atoms with Gasteiger partial charge in [0.25, 0.3) is 21.8 Å². The molecule has 0 aliphatic heterocycles. The zero-order valence-corrected chi connectivity index (χ0v) is 23.4. The summed E-state index contributed by atoms with van der Waals surface area (Å²) in [4.78, 5) is 24.9. The molecule has 2 N–H and O–H groups in total. The number of ether oxygens (including phenoxy) is 1. The number of nitrogens with one attached hydrogen (secondary N) is 2. The van der Waals surface area contributed by atoms with E-state index in [1.807, 2.05) is 19.1 Å². The number of nitrogens with zero attached hydrogens (tertiary/aromatic N) is 2. The van der Waals surface area contributed by atoms with Crippen molar-refractivity contribution >= 4 is 33.7 Å². The summed E-state index contributed by atoms with van der Waals surface area (Å²) in [6.07, 6.45) is 2.96. The van der Waals surface area contributed by atoms with Gasteiger partial charge < -0.3 is 14.5 Å². The molecule has 4 aromatic rings. The average molecular weight is 575 g/mol. The second kappa shape index (κ2) is 13.4. The van der Waals surface area contributed by atoms with Crippen LogP contribution in [0.1, 0.15) is 22.5 Å². The van der Waals surface area contributed by atoms with Crippen molar-refractivity contribution in [2.75, 3.05) is 17.5 Å². The van der Waals surface area contributed by atoms with Gasteiger partial charge in [-0.05, 0) is 85.1 Å². The maximum Gasteiger partial charge on any atom is 0.264 e. The van der Waals surface area contributed by atoms with Crippen molar-refractivity contribution in [3.8, 4) is 5.75 Å². The Morgan fingerprint density at radius 2 is 1.71 bits per heavy atom. The van der Waals surface area contributed by atoms with E-state index in [1.54, 1.807) is 67.6 Å². The van der Waals surface area contributed by atoms with Crippen LogP contribution in [0, 0.1) is 13.8 Å². The Kier molecular flexibility index (Phi) is 9.54. The first-order chi connectivity index (χ1) is 19.7. The third kappa shape index (κ3) is 8.05. The minimum atomic E-state index is -4.02. The van der Waals surface area contributed by atoms with Crippen LogP contribution in [0.15, 0.2) is 106 Å². The van der Waals surface area contributed by atoms with Crippen molar-refractivity contribution in [2.45, 2.75) is 25.3 Å². The van der Waals surface area contributed by atoms with Gasteiger partial charge in [0.2, 0.25) is 0 Å². The molecule has 0 radical (unpaired) electrons. The maximum absolute atomic E-state index is 13.5. The van der Waals surface area contributed by atoms with Gasteiger partial charge in [-0.25, -0.2) is 13.8 Å². The monoisotopic (exact) mass is 574 g/mol. The number of hydrogen-bond acceptors (Lipinski definition) is 7. The molecule has 0 aliphatic carbocycles. The van der Waals surface area contributed by atoms with Gasteiger partial charge in [0, 0.05) is 0 Å². The van der Waals surface area contributed by atoms with Crippen molar-refractivity contribution in [1.29, 1.82) is 0 Å². The summed E-state index contributed by atoms with van der Waals surface area (Å²) in [6.45, 7) is 3.30. The topological polar surface area (TPSA) is 130 Å². The Hall–Kier alpha value is -4.90. The van der Waals surface area contributed by atoms with Crippen LogP contribution in [0.4, 0.5) is 5.69 Å². The minimum absolute atomic E-state index is 0.0783. The molecular weight excluding hydrogens is 544 g/mol. The lowest BCUT2D eigenvalue weighted by atomic mass is 10.1. The van der Waals surface area contributed by atoms with Crippen molar-refractivity contribution in [3.63, 3.8) is 0 Å². The van der Waals surface area contributed by atoms with Gasteiger partial charge in [-0.2, -0.15) is 5.10 Å². The number of carbonyl (C=O) groups excluding carboxylic acids is 2. The van der Waals surface area contributed by atoms with E-state index in [2.05, 4.69) is 15.8 Å². The lowest BCUT2D eigenvalue weighted by Crippen LogP contribution is -2.40. The Balaban J connectivity index is 1.35. The minimum Gasteiger partial charge on any atom is -0.484 e. The number of furan rings is 1. The summed E-state index contributed by atoms with van der Waals surface area (Å²) in [6, 6.07) is 23.6. The van der Waals surface area contributed by atoms with Crippen LogP contribution in [0.5, 0.6) is 5.75 Å². The number of benzene rings is 3. The summed E-state index contributed by atoms with van der Waals surface area (Å²) in [5.74, 6) is 0.223. The smallest absolute Gasteiger partial charge is 0.264 e. The summed E-state index contributed by atoms with van der Waals surface area (Å²) >= 11 is 0. The molecule has 212 valence electrons. The number of rotatable bonds is 12. The summed E-state index contributed by atoms with van der Waals surface area (Å²) in [5.41, 5.74) is 5.04. The standard InChI is InChI=1S/C30H30N4O6S/c1-22-10-11-23(2)28(17-22)34(41(37,38)27-8-4-3-5-9-27)20-29(35)33-32-18-24-12-14-25(15-13-24)40-21-30(36)31-19-26-7-6-16-39-26/h3-18H,19-21H2,1-2H3,(H,31,36)(H,33,35)/b32-18-. The summed E-state index contributed by atoms with van der Waals surface area (Å²) < 4.78 is 38.8. The van der Waals surface area contributed by atoms with Gasteiger partial charge in [0.1, 0.15) is 18.1 Å². The first-order valence-corrected chi connectivity index (χ1v) is 14.2. The molecule has 11 heteroatoms. The molecule has 0 aliphatic rings. The van der Waals surface area contributed by atoms with Crippen LogP contribution in [-0.4, -0.2) is 39.6 Å². The highest BCUT2D eigenvalue weighted by molar-refractivity contribution is 7.92. The number of hydrogen-bond donors (Lipinski definition) is 2. The van der Waals surface area contributed by atoms with Crippen molar-refractivity contribution in [1.82, 2.24) is 10.7 Å². The zero-order valence-electron chi connectivity index (χ0n) is 22.6. The number of amides is 2. The highest BCUT2D eigenvalue weighted by Gasteiger charge is 2.28. The fourth-order valence-corrected chi connectivity index (χ4v) is 5.30. The molecule has 1 aromatic heterocycles. The Labute approximate surface area is 238 Å². The molecule has 4 rings (SSSR count). The van der Waals surface area contributed by atoms with E-state index in [1.165, 1.54) is 24.6 Å². The van der Waals surface area contributed by atoms with Crippen molar-refractivity contribution < 1.29 is 27.2 Å². The molecule has 1 heterocycles. The van der Waals surface area contributed by atoms with Crippen LogP contribution in [0.2, 0.25) is 0 Å². The molecule has 10 nitrogen and oxygen atoms in total. The van der Waals surface area contributed by atoms with Gasteiger partial charge in [-0.15, -0.1) is 0 Å². The predicted octanol–water partition coefficient (Wildman–Crippen LogP) is 3.94. The van der Waals surface area contributed by atoms with Crippen LogP contribution < -0.4 is 19.8 Å². The summed E-state index contributed by atoms with van der Waals surface area (Å²) in [7, 11) is -4.02. The van der Waals surface area contributed by atoms with E-state index < -0.39 is 22.5 Å². The lowest BCUT2D eigenvalue weighted by Gasteiger charge is -2.25. The van der Waals surface area contributed by atoms with E-state index in [-0.39, 0.29) is 24.0 Å². The molecule has 0 fully saturated rings. The van der Waals surface area contributed by atoms with Crippen LogP contribution in [-0.2, 0) is 26.2 Å². The van der Waals surface area contributed by atoms with Crippen molar-refractivity contribution in [2.24, 2.45) is 5.10 Å². The zero-order chi connectivity index (χ0) is 29.2. The number of anilines is 1. The van der Waals surface area contributed by atoms with E-state index in [0.29, 0.717) is 28.3 Å². The van der Waals surface area contributed by atoms with Crippen LogP contribution >= 0.6 is 0 Å². The largest absolute Gasteiger partial charge is 0.484 e. The van der Waals surface area contributed by atoms with Gasteiger partial charge in [0.15, 0.2) is 6.61 Å².